The number of hydrogen-bond donors (Lipinski definition) is 1. The fraction of sp³-hybridized carbons (Fsp3) is 0.174. The lowest BCUT2D eigenvalue weighted by Crippen LogP contribution is -2.13. The van der Waals surface area contributed by atoms with Crippen LogP contribution in [0.4, 0.5) is 17.1 Å². The Morgan fingerprint density at radius 2 is 1.49 bits per heavy atom. The molecular weight excluding hydrogens is 482 g/mol. The second-order valence-electron chi connectivity index (χ2n) is 7.18. The number of ether oxygens (including phenoxy) is 3. The Balaban J connectivity index is 1.63. The average molecular weight is 502 g/mol. The van der Waals surface area contributed by atoms with Crippen molar-refractivity contribution in [3.05, 3.63) is 85.4 Å². The van der Waals surface area contributed by atoms with Crippen LogP contribution >= 0.6 is 11.6 Å². The number of carbonyl (C=O) groups is 1. The Morgan fingerprint density at radius 1 is 0.886 bits per heavy atom. The molecule has 0 aliphatic carbocycles. The maximum Gasteiger partial charge on any atom is 0.280 e. The Morgan fingerprint density at radius 3 is 2.03 bits per heavy atom. The zero-order valence-corrected chi connectivity index (χ0v) is 19.4. The minimum Gasteiger partial charge on any atom is -0.495 e. The molecule has 0 unspecified atom stereocenters. The molecule has 3 aromatic carbocycles. The van der Waals surface area contributed by atoms with Crippen LogP contribution in [-0.4, -0.2) is 30.0 Å². The van der Waals surface area contributed by atoms with Crippen LogP contribution in [0.3, 0.4) is 0 Å². The first-order valence-corrected chi connectivity index (χ1v) is 10.5. The van der Waals surface area contributed by atoms with E-state index in [2.05, 4.69) is 5.32 Å². The van der Waals surface area contributed by atoms with Gasteiger partial charge in [-0.2, -0.15) is 0 Å². The van der Waals surface area contributed by atoms with Gasteiger partial charge in [0, 0.05) is 18.6 Å². The SMILES string of the molecule is COc1cc(NC(=O)CCc2ccc(Oc3cc([N+](=O)[O-])cc([N+](=O)[O-])c3)cc2)c(OC)cc1Cl. The summed E-state index contributed by atoms with van der Waals surface area (Å²) in [5.41, 5.74) is 0.352. The van der Waals surface area contributed by atoms with Crippen molar-refractivity contribution in [2.75, 3.05) is 19.5 Å². The Bertz CT molecular complexity index is 1230. The van der Waals surface area contributed by atoms with Gasteiger partial charge in [-0.25, -0.2) is 0 Å². The van der Waals surface area contributed by atoms with E-state index in [1.807, 2.05) is 0 Å². The molecule has 0 heterocycles. The van der Waals surface area contributed by atoms with Crippen molar-refractivity contribution in [2.45, 2.75) is 12.8 Å². The number of aryl methyl sites for hydroxylation is 1. The largest absolute Gasteiger partial charge is 0.495 e. The number of nitrogens with one attached hydrogen (secondary N) is 1. The van der Waals surface area contributed by atoms with E-state index < -0.39 is 21.2 Å². The van der Waals surface area contributed by atoms with Gasteiger partial charge in [0.1, 0.15) is 23.0 Å². The van der Waals surface area contributed by atoms with Crippen LogP contribution in [0.15, 0.2) is 54.6 Å². The van der Waals surface area contributed by atoms with Crippen LogP contribution in [-0.2, 0) is 11.2 Å². The van der Waals surface area contributed by atoms with Gasteiger partial charge in [-0.05, 0) is 24.1 Å². The van der Waals surface area contributed by atoms with E-state index >= 15 is 0 Å². The van der Waals surface area contributed by atoms with Gasteiger partial charge >= 0.3 is 0 Å². The first-order chi connectivity index (χ1) is 16.7. The van der Waals surface area contributed by atoms with E-state index in [0.717, 1.165) is 23.8 Å². The lowest BCUT2D eigenvalue weighted by atomic mass is 10.1. The second kappa shape index (κ2) is 11.2. The summed E-state index contributed by atoms with van der Waals surface area (Å²) in [6.45, 7) is 0. The van der Waals surface area contributed by atoms with Gasteiger partial charge < -0.3 is 19.5 Å². The number of benzene rings is 3. The van der Waals surface area contributed by atoms with E-state index in [1.54, 1.807) is 36.4 Å². The Labute approximate surface area is 204 Å². The number of nitrogens with zero attached hydrogens (tertiary/aromatic N) is 2. The molecule has 0 fully saturated rings. The summed E-state index contributed by atoms with van der Waals surface area (Å²) in [5.74, 6) is 0.827. The molecule has 0 saturated heterocycles. The van der Waals surface area contributed by atoms with Crippen molar-refractivity contribution >= 4 is 34.6 Å². The summed E-state index contributed by atoms with van der Waals surface area (Å²) in [6.07, 6.45) is 0.590. The zero-order chi connectivity index (χ0) is 25.5. The van der Waals surface area contributed by atoms with Crippen molar-refractivity contribution in [2.24, 2.45) is 0 Å². The lowest BCUT2D eigenvalue weighted by molar-refractivity contribution is -0.394. The number of nitro benzene ring substituents is 2. The molecule has 35 heavy (non-hydrogen) atoms. The second-order valence-corrected chi connectivity index (χ2v) is 7.59. The molecule has 0 atom stereocenters. The fourth-order valence-electron chi connectivity index (χ4n) is 3.13. The highest BCUT2D eigenvalue weighted by Gasteiger charge is 2.18. The standard InChI is InChI=1S/C23H20ClN3O8/c1-33-21-13-20(22(34-2)12-19(21)24)25-23(28)8-5-14-3-6-17(7-4-14)35-18-10-15(26(29)30)9-16(11-18)27(31)32/h3-4,6-7,9-13H,5,8H2,1-2H3,(H,25,28). The number of amides is 1. The van der Waals surface area contributed by atoms with Crippen molar-refractivity contribution < 1.29 is 28.9 Å². The predicted octanol–water partition coefficient (Wildman–Crippen LogP) is 5.54. The lowest BCUT2D eigenvalue weighted by Gasteiger charge is -2.13. The van der Waals surface area contributed by atoms with Crippen molar-refractivity contribution in [3.63, 3.8) is 0 Å². The van der Waals surface area contributed by atoms with Crippen molar-refractivity contribution in [3.8, 4) is 23.0 Å². The number of non-ortho nitro benzene ring substituents is 2. The first-order valence-electron chi connectivity index (χ1n) is 10.1. The Hall–Kier alpha value is -4.38. The summed E-state index contributed by atoms with van der Waals surface area (Å²) in [4.78, 5) is 33.0. The summed E-state index contributed by atoms with van der Waals surface area (Å²) in [7, 11) is 2.93. The summed E-state index contributed by atoms with van der Waals surface area (Å²) < 4.78 is 16.0. The molecule has 3 rings (SSSR count). The molecule has 0 spiro atoms. The van der Waals surface area contributed by atoms with Crippen LogP contribution in [0, 0.1) is 20.2 Å². The number of anilines is 1. The van der Waals surface area contributed by atoms with Gasteiger partial charge in [-0.1, -0.05) is 23.7 Å². The highest BCUT2D eigenvalue weighted by Crippen LogP contribution is 2.36. The summed E-state index contributed by atoms with van der Waals surface area (Å²) >= 11 is 6.08. The molecule has 0 aromatic heterocycles. The minimum atomic E-state index is -0.732. The Kier molecular flexibility index (Phi) is 8.05. The quantitative estimate of drug-likeness (QED) is 0.282. The molecule has 182 valence electrons. The van der Waals surface area contributed by atoms with E-state index in [-0.39, 0.29) is 18.1 Å². The molecule has 3 aromatic rings. The summed E-state index contributed by atoms with van der Waals surface area (Å²) in [6, 6.07) is 12.8. The molecule has 0 bridgehead atoms. The topological polar surface area (TPSA) is 143 Å². The molecule has 1 N–H and O–H groups in total. The van der Waals surface area contributed by atoms with Gasteiger partial charge in [-0.15, -0.1) is 0 Å². The molecule has 11 nitrogen and oxygen atoms in total. The van der Waals surface area contributed by atoms with Gasteiger partial charge in [0.2, 0.25) is 5.91 Å². The smallest absolute Gasteiger partial charge is 0.280 e. The van der Waals surface area contributed by atoms with Crippen LogP contribution < -0.4 is 19.5 Å². The minimum absolute atomic E-state index is 0.0367. The molecule has 0 radical (unpaired) electrons. The van der Waals surface area contributed by atoms with Gasteiger partial charge in [0.25, 0.3) is 11.4 Å². The van der Waals surface area contributed by atoms with E-state index in [9.17, 15) is 25.0 Å². The molecule has 12 heteroatoms. The normalized spacial score (nSPS) is 10.4. The monoisotopic (exact) mass is 501 g/mol. The van der Waals surface area contributed by atoms with Crippen LogP contribution in [0.1, 0.15) is 12.0 Å². The third-order valence-corrected chi connectivity index (χ3v) is 5.14. The highest BCUT2D eigenvalue weighted by atomic mass is 35.5. The summed E-state index contributed by atoms with van der Waals surface area (Å²) in [5, 5.41) is 25.2. The average Bonchev–Trinajstić information content (AvgIpc) is 2.84. The fourth-order valence-corrected chi connectivity index (χ4v) is 3.36. The van der Waals surface area contributed by atoms with Crippen molar-refractivity contribution in [1.82, 2.24) is 0 Å². The van der Waals surface area contributed by atoms with Crippen molar-refractivity contribution in [1.29, 1.82) is 0 Å². The molecule has 1 amide bonds. The van der Waals surface area contributed by atoms with Gasteiger partial charge in [-0.3, -0.25) is 25.0 Å². The molecule has 0 aliphatic rings. The molecular formula is C23H20ClN3O8. The number of rotatable bonds is 10. The number of nitro groups is 2. The van der Waals surface area contributed by atoms with Crippen LogP contribution in [0.2, 0.25) is 5.02 Å². The van der Waals surface area contributed by atoms with Gasteiger partial charge in [0.15, 0.2) is 0 Å². The third kappa shape index (κ3) is 6.58. The van der Waals surface area contributed by atoms with E-state index in [4.69, 9.17) is 25.8 Å². The number of methoxy groups -OCH3 is 2. The number of halogens is 1. The maximum absolute atomic E-state index is 12.4. The van der Waals surface area contributed by atoms with Gasteiger partial charge in [0.05, 0.1) is 53.0 Å². The van der Waals surface area contributed by atoms with E-state index in [1.165, 1.54) is 14.2 Å². The zero-order valence-electron chi connectivity index (χ0n) is 18.6. The van der Waals surface area contributed by atoms with Crippen LogP contribution in [0.25, 0.3) is 0 Å². The highest BCUT2D eigenvalue weighted by molar-refractivity contribution is 6.32. The van der Waals surface area contributed by atoms with Crippen LogP contribution in [0.5, 0.6) is 23.0 Å². The number of carbonyl (C=O) groups excluding carboxylic acids is 1. The molecule has 0 aliphatic heterocycles. The predicted molar refractivity (Wildman–Crippen MR) is 128 cm³/mol. The molecule has 0 saturated carbocycles. The van der Waals surface area contributed by atoms with E-state index in [0.29, 0.717) is 34.4 Å². The first kappa shape index (κ1) is 25.2. The maximum atomic E-state index is 12.4. The third-order valence-electron chi connectivity index (χ3n) is 4.85. The number of hydrogen-bond acceptors (Lipinski definition) is 8.